The minimum Gasteiger partial charge on any atom is -0.334 e. The van der Waals surface area contributed by atoms with Crippen LogP contribution in [0.4, 0.5) is 0 Å². The fraction of sp³-hybridized carbons (Fsp3) is 0.342. The molecular weight excluding hydrogens is 500 g/mol. The fourth-order valence-corrected chi connectivity index (χ4v) is 6.82. The Hall–Kier alpha value is -3.69. The third kappa shape index (κ3) is 6.31. The molecule has 3 heteroatoms. The Balaban J connectivity index is 1.08. The van der Waals surface area contributed by atoms with Gasteiger partial charge in [0.15, 0.2) is 0 Å². The largest absolute Gasteiger partial charge is 0.334 e. The number of aryl methyl sites for hydroxylation is 2. The van der Waals surface area contributed by atoms with Crippen LogP contribution in [-0.2, 0) is 13.0 Å². The van der Waals surface area contributed by atoms with Gasteiger partial charge < -0.3 is 9.80 Å². The van der Waals surface area contributed by atoms with Crippen LogP contribution >= 0.6 is 0 Å². The van der Waals surface area contributed by atoms with Gasteiger partial charge in [-0.15, -0.1) is 0 Å². The van der Waals surface area contributed by atoms with Crippen molar-refractivity contribution < 1.29 is 4.79 Å². The number of hydrogen-bond acceptors (Lipinski definition) is 2. The normalized spacial score (nSPS) is 16.3. The number of hydrogen-bond donors (Lipinski definition) is 0. The van der Waals surface area contributed by atoms with Crippen molar-refractivity contribution in [2.45, 2.75) is 57.9 Å². The molecule has 0 unspecified atom stereocenters. The van der Waals surface area contributed by atoms with Gasteiger partial charge in [-0.25, -0.2) is 0 Å². The lowest BCUT2D eigenvalue weighted by Crippen LogP contribution is -2.37. The Morgan fingerprint density at radius 2 is 1.46 bits per heavy atom. The van der Waals surface area contributed by atoms with E-state index in [1.165, 1.54) is 38.9 Å². The van der Waals surface area contributed by atoms with E-state index in [1.54, 1.807) is 0 Å². The highest BCUT2D eigenvalue weighted by Gasteiger charge is 2.28. The number of benzene rings is 4. The molecule has 0 spiro atoms. The highest BCUT2D eigenvalue weighted by atomic mass is 16.2. The van der Waals surface area contributed by atoms with Crippen molar-refractivity contribution in [3.05, 3.63) is 142 Å². The van der Waals surface area contributed by atoms with Gasteiger partial charge in [0.25, 0.3) is 5.91 Å². The van der Waals surface area contributed by atoms with Gasteiger partial charge in [0, 0.05) is 24.6 Å². The molecule has 3 nitrogen and oxygen atoms in total. The summed E-state index contributed by atoms with van der Waals surface area (Å²) >= 11 is 0. The number of rotatable bonds is 8. The second kappa shape index (κ2) is 12.4. The maximum Gasteiger partial charge on any atom is 0.254 e. The van der Waals surface area contributed by atoms with Gasteiger partial charge in [0.2, 0.25) is 0 Å². The first-order valence-electron chi connectivity index (χ1n) is 15.4. The van der Waals surface area contributed by atoms with Crippen molar-refractivity contribution in [1.82, 2.24) is 9.80 Å². The lowest BCUT2D eigenvalue weighted by atomic mass is 9.85. The van der Waals surface area contributed by atoms with Crippen molar-refractivity contribution in [1.29, 1.82) is 0 Å². The lowest BCUT2D eigenvalue weighted by Gasteiger charge is -2.34. The van der Waals surface area contributed by atoms with Gasteiger partial charge >= 0.3 is 0 Å². The molecule has 2 aliphatic heterocycles. The van der Waals surface area contributed by atoms with Crippen LogP contribution in [0.25, 0.3) is 0 Å². The summed E-state index contributed by atoms with van der Waals surface area (Å²) in [5.74, 6) is 1.14. The zero-order valence-electron chi connectivity index (χ0n) is 24.6. The smallest absolute Gasteiger partial charge is 0.254 e. The number of nitrogens with zero attached hydrogens (tertiary/aromatic N) is 2. The van der Waals surface area contributed by atoms with Crippen LogP contribution < -0.4 is 0 Å². The quantitative estimate of drug-likeness (QED) is 0.226. The van der Waals surface area contributed by atoms with E-state index >= 15 is 0 Å². The number of amides is 1. The lowest BCUT2D eigenvalue weighted by molar-refractivity contribution is 0.0726. The molecule has 0 aromatic heterocycles. The Bertz CT molecular complexity index is 1430. The summed E-state index contributed by atoms with van der Waals surface area (Å²) < 4.78 is 0. The van der Waals surface area contributed by atoms with E-state index in [4.69, 9.17) is 0 Å². The summed E-state index contributed by atoms with van der Waals surface area (Å²) in [6.45, 7) is 9.10. The molecule has 0 N–H and O–H groups in total. The SMILES string of the molecule is Cc1ccc(C)c(CN2CCc3ccc(C4CCN(CCC(c5ccccc5)c5ccccc5)CC4)cc3C2=O)c1. The number of likely N-dealkylation sites (tertiary alicyclic amines) is 1. The van der Waals surface area contributed by atoms with Gasteiger partial charge in [-0.2, -0.15) is 0 Å². The first-order chi connectivity index (χ1) is 20.0. The zero-order chi connectivity index (χ0) is 28.2. The summed E-state index contributed by atoms with van der Waals surface area (Å²) in [4.78, 5) is 18.3. The average molecular weight is 543 g/mol. The molecule has 1 saturated heterocycles. The summed E-state index contributed by atoms with van der Waals surface area (Å²) in [6.07, 6.45) is 4.37. The maximum absolute atomic E-state index is 13.6. The second-order valence-electron chi connectivity index (χ2n) is 12.1. The summed E-state index contributed by atoms with van der Waals surface area (Å²) in [5.41, 5.74) is 10.0. The van der Waals surface area contributed by atoms with E-state index in [1.807, 2.05) is 4.90 Å². The summed E-state index contributed by atoms with van der Waals surface area (Å²) in [5, 5.41) is 0. The molecule has 2 heterocycles. The van der Waals surface area contributed by atoms with Crippen LogP contribution in [-0.4, -0.2) is 41.9 Å². The standard InChI is InChI=1S/C38H42N2O/c1-28-13-14-29(2)35(25-28)27-40-24-19-33-15-16-34(26-37(33)38(40)41)30-17-21-39(22-18-30)23-20-36(31-9-5-3-6-10-31)32-11-7-4-8-12-32/h3-16,25-26,30,36H,17-24,27H2,1-2H3. The Labute approximate surface area is 245 Å². The van der Waals surface area contributed by atoms with E-state index < -0.39 is 0 Å². The monoisotopic (exact) mass is 542 g/mol. The third-order valence-corrected chi connectivity index (χ3v) is 9.37. The minimum absolute atomic E-state index is 0.194. The maximum atomic E-state index is 13.6. The predicted octanol–water partition coefficient (Wildman–Crippen LogP) is 7.90. The van der Waals surface area contributed by atoms with E-state index in [0.717, 1.165) is 57.4 Å². The highest BCUT2D eigenvalue weighted by Crippen LogP contribution is 2.33. The molecule has 0 bridgehead atoms. The second-order valence-corrected chi connectivity index (χ2v) is 12.1. The first kappa shape index (κ1) is 27.5. The summed E-state index contributed by atoms with van der Waals surface area (Å²) in [6, 6.07) is 35.2. The van der Waals surface area contributed by atoms with Gasteiger partial charge in [0.05, 0.1) is 0 Å². The first-order valence-corrected chi connectivity index (χ1v) is 15.4. The van der Waals surface area contributed by atoms with Crippen molar-refractivity contribution in [2.75, 3.05) is 26.2 Å². The predicted molar refractivity (Wildman–Crippen MR) is 169 cm³/mol. The van der Waals surface area contributed by atoms with Crippen LogP contribution in [0, 0.1) is 13.8 Å². The van der Waals surface area contributed by atoms with Gasteiger partial charge in [-0.3, -0.25) is 4.79 Å². The molecule has 0 radical (unpaired) electrons. The van der Waals surface area contributed by atoms with Crippen molar-refractivity contribution in [3.8, 4) is 0 Å². The topological polar surface area (TPSA) is 23.6 Å². The average Bonchev–Trinajstić information content (AvgIpc) is 3.02. The number of fused-ring (bicyclic) bond motifs is 1. The van der Waals surface area contributed by atoms with Crippen LogP contribution in [0.2, 0.25) is 0 Å². The minimum atomic E-state index is 0.194. The Kier molecular flexibility index (Phi) is 8.34. The van der Waals surface area contributed by atoms with Crippen LogP contribution in [0.15, 0.2) is 97.1 Å². The van der Waals surface area contributed by atoms with E-state index in [9.17, 15) is 4.79 Å². The van der Waals surface area contributed by atoms with Gasteiger partial charge in [-0.1, -0.05) is 96.6 Å². The van der Waals surface area contributed by atoms with Crippen molar-refractivity contribution >= 4 is 5.91 Å². The van der Waals surface area contributed by atoms with E-state index in [0.29, 0.717) is 18.4 Å². The fourth-order valence-electron chi connectivity index (χ4n) is 6.82. The molecule has 210 valence electrons. The van der Waals surface area contributed by atoms with Crippen molar-refractivity contribution in [2.24, 2.45) is 0 Å². The van der Waals surface area contributed by atoms with Crippen LogP contribution in [0.5, 0.6) is 0 Å². The molecule has 2 aliphatic rings. The van der Waals surface area contributed by atoms with E-state index in [2.05, 4.69) is 116 Å². The van der Waals surface area contributed by atoms with Crippen LogP contribution in [0.1, 0.15) is 80.4 Å². The molecule has 6 rings (SSSR count). The summed E-state index contributed by atoms with van der Waals surface area (Å²) in [7, 11) is 0. The van der Waals surface area contributed by atoms with Gasteiger partial charge in [0.1, 0.15) is 0 Å². The Morgan fingerprint density at radius 3 is 2.15 bits per heavy atom. The molecular formula is C38H42N2O. The van der Waals surface area contributed by atoms with Gasteiger partial charge in [-0.05, 0) is 105 Å². The molecule has 0 aliphatic carbocycles. The molecule has 41 heavy (non-hydrogen) atoms. The molecule has 0 atom stereocenters. The molecule has 4 aromatic carbocycles. The molecule has 4 aromatic rings. The third-order valence-electron chi connectivity index (χ3n) is 9.37. The highest BCUT2D eigenvalue weighted by molar-refractivity contribution is 5.97. The molecule has 0 saturated carbocycles. The van der Waals surface area contributed by atoms with E-state index in [-0.39, 0.29) is 5.91 Å². The zero-order valence-corrected chi connectivity index (χ0v) is 24.6. The number of piperidine rings is 1. The van der Waals surface area contributed by atoms with Crippen LogP contribution in [0.3, 0.4) is 0 Å². The van der Waals surface area contributed by atoms with Crippen molar-refractivity contribution in [3.63, 3.8) is 0 Å². The molecule has 1 amide bonds. The molecule has 1 fully saturated rings. The number of carbonyl (C=O) groups excluding carboxylic acids is 1. The Morgan fingerprint density at radius 1 is 0.780 bits per heavy atom. The number of carbonyl (C=O) groups is 1.